The Balaban J connectivity index is 3.26. The Bertz CT molecular complexity index is 102. The Morgan fingerprint density at radius 3 is 2.40 bits per heavy atom. The summed E-state index contributed by atoms with van der Waals surface area (Å²) in [7, 11) is 0. The van der Waals surface area contributed by atoms with Gasteiger partial charge in [0.05, 0.1) is 12.7 Å². The Morgan fingerprint density at radius 2 is 2.00 bits per heavy atom. The molecule has 0 fully saturated rings. The number of aliphatic hydroxyl groups excluding tert-OH is 3. The van der Waals surface area contributed by atoms with Crippen LogP contribution in [0.3, 0.4) is 0 Å². The van der Waals surface area contributed by atoms with Crippen molar-refractivity contribution in [1.29, 1.82) is 0 Å². The molecule has 60 valence electrons. The minimum Gasteiger partial charge on any atom is -0.394 e. The van der Waals surface area contributed by atoms with Gasteiger partial charge in [0.15, 0.2) is 5.78 Å². The van der Waals surface area contributed by atoms with E-state index in [1.807, 2.05) is 0 Å². The van der Waals surface area contributed by atoms with Gasteiger partial charge in [-0.3, -0.25) is 4.79 Å². The molecule has 0 aliphatic rings. The van der Waals surface area contributed by atoms with Crippen molar-refractivity contribution in [3.8, 4) is 0 Å². The maximum atomic E-state index is 10.4. The second-order valence-electron chi connectivity index (χ2n) is 2.07. The van der Waals surface area contributed by atoms with Gasteiger partial charge in [-0.2, -0.15) is 0 Å². The van der Waals surface area contributed by atoms with E-state index in [-0.39, 0.29) is 25.2 Å². The van der Waals surface area contributed by atoms with Gasteiger partial charge in [-0.1, -0.05) is 0 Å². The van der Waals surface area contributed by atoms with Crippen LogP contribution in [-0.2, 0) is 4.79 Å². The molecule has 0 aliphatic heterocycles. The summed E-state index contributed by atoms with van der Waals surface area (Å²) in [5, 5.41) is 25.2. The van der Waals surface area contributed by atoms with E-state index in [9.17, 15) is 4.79 Å². The van der Waals surface area contributed by atoms with Crippen molar-refractivity contribution in [3.05, 3.63) is 0 Å². The summed E-state index contributed by atoms with van der Waals surface area (Å²) in [6.07, 6.45) is -0.496. The summed E-state index contributed by atoms with van der Waals surface area (Å²) < 4.78 is 0. The average Bonchev–Trinajstić information content (AvgIpc) is 1.99. The highest BCUT2D eigenvalue weighted by atomic mass is 16.3. The molecule has 1 atom stereocenters. The quantitative estimate of drug-likeness (QED) is 0.452. The number of carbonyl (C=O) groups excluding carboxylic acids is 1. The molecule has 3 N–H and O–H groups in total. The molecule has 0 heterocycles. The molecule has 0 aromatic rings. The third-order valence-electron chi connectivity index (χ3n) is 1.14. The highest BCUT2D eigenvalue weighted by Crippen LogP contribution is 1.95. The summed E-state index contributed by atoms with van der Waals surface area (Å²) in [6.45, 7) is -0.823. The van der Waals surface area contributed by atoms with Gasteiger partial charge in [0.25, 0.3) is 0 Å². The highest BCUT2D eigenvalue weighted by molar-refractivity contribution is 5.79. The van der Waals surface area contributed by atoms with Gasteiger partial charge < -0.3 is 15.3 Å². The lowest BCUT2D eigenvalue weighted by atomic mass is 10.1. The van der Waals surface area contributed by atoms with E-state index in [0.29, 0.717) is 0 Å². The summed E-state index contributed by atoms with van der Waals surface area (Å²) in [4.78, 5) is 10.4. The highest BCUT2D eigenvalue weighted by Gasteiger charge is 2.05. The minimum absolute atomic E-state index is 0.123. The van der Waals surface area contributed by atoms with Gasteiger partial charge >= 0.3 is 0 Å². The molecule has 4 nitrogen and oxygen atoms in total. The van der Waals surface area contributed by atoms with Crippen molar-refractivity contribution >= 4 is 5.78 Å². The van der Waals surface area contributed by atoms with Gasteiger partial charge in [-0.05, 0) is 6.42 Å². The molecule has 0 aromatic carbocycles. The number of ketones is 1. The zero-order valence-corrected chi connectivity index (χ0v) is 5.66. The van der Waals surface area contributed by atoms with E-state index in [2.05, 4.69) is 0 Å². The van der Waals surface area contributed by atoms with Crippen LogP contribution in [0.2, 0.25) is 0 Å². The fraction of sp³-hybridized carbons (Fsp3) is 0.833. The molecule has 0 saturated heterocycles. The molecule has 0 unspecified atom stereocenters. The van der Waals surface area contributed by atoms with Crippen LogP contribution in [0.25, 0.3) is 0 Å². The largest absolute Gasteiger partial charge is 0.394 e. The number of hydrogen-bond acceptors (Lipinski definition) is 4. The summed E-state index contributed by atoms with van der Waals surface area (Å²) in [5.74, 6) is -0.312. The van der Waals surface area contributed by atoms with Crippen molar-refractivity contribution in [2.45, 2.75) is 18.9 Å². The Hall–Kier alpha value is -0.450. The van der Waals surface area contributed by atoms with E-state index in [0.717, 1.165) is 0 Å². The summed E-state index contributed by atoms with van der Waals surface area (Å²) >= 11 is 0. The van der Waals surface area contributed by atoms with Crippen molar-refractivity contribution < 1.29 is 20.1 Å². The molecular weight excluding hydrogens is 136 g/mol. The average molecular weight is 148 g/mol. The first-order chi connectivity index (χ1) is 4.70. The van der Waals surface area contributed by atoms with Crippen LogP contribution in [0, 0.1) is 0 Å². The van der Waals surface area contributed by atoms with Gasteiger partial charge in [0.1, 0.15) is 6.61 Å². The maximum Gasteiger partial charge on any atom is 0.158 e. The second-order valence-corrected chi connectivity index (χ2v) is 2.07. The monoisotopic (exact) mass is 148 g/mol. The van der Waals surface area contributed by atoms with Crippen LogP contribution < -0.4 is 0 Å². The fourth-order valence-electron chi connectivity index (χ4n) is 0.498. The Kier molecular flexibility index (Phi) is 5.10. The standard InChI is InChI=1S/C6H12O4/c7-3-5(9)1-2-6(10)4-8/h5,7-9H,1-4H2/t5-/m0/s1. The van der Waals surface area contributed by atoms with E-state index in [1.54, 1.807) is 0 Å². The zero-order chi connectivity index (χ0) is 7.98. The molecule has 0 amide bonds. The lowest BCUT2D eigenvalue weighted by Crippen LogP contribution is -2.15. The molecule has 10 heavy (non-hydrogen) atoms. The molecule has 0 aromatic heterocycles. The first kappa shape index (κ1) is 9.55. The van der Waals surface area contributed by atoms with E-state index >= 15 is 0 Å². The number of carbonyl (C=O) groups is 1. The molecule has 0 rings (SSSR count). The number of hydrogen-bond donors (Lipinski definition) is 3. The Morgan fingerprint density at radius 1 is 1.40 bits per heavy atom. The third kappa shape index (κ3) is 4.43. The second kappa shape index (κ2) is 5.34. The summed E-state index contributed by atoms with van der Waals surface area (Å²) in [5.41, 5.74) is 0. The predicted molar refractivity (Wildman–Crippen MR) is 34.4 cm³/mol. The van der Waals surface area contributed by atoms with E-state index in [1.165, 1.54) is 0 Å². The Labute approximate surface area is 59.1 Å². The predicted octanol–water partition coefficient (Wildman–Crippen LogP) is -1.32. The van der Waals surface area contributed by atoms with Crippen LogP contribution in [0.5, 0.6) is 0 Å². The molecule has 0 radical (unpaired) electrons. The van der Waals surface area contributed by atoms with Crippen LogP contribution in [0.1, 0.15) is 12.8 Å². The van der Waals surface area contributed by atoms with Crippen LogP contribution in [0.4, 0.5) is 0 Å². The van der Waals surface area contributed by atoms with Gasteiger partial charge in [0, 0.05) is 6.42 Å². The lowest BCUT2D eigenvalue weighted by molar-refractivity contribution is -0.122. The van der Waals surface area contributed by atoms with Crippen LogP contribution in [-0.4, -0.2) is 40.4 Å². The zero-order valence-electron chi connectivity index (χ0n) is 5.66. The topological polar surface area (TPSA) is 77.8 Å². The first-order valence-electron chi connectivity index (χ1n) is 3.12. The van der Waals surface area contributed by atoms with Crippen LogP contribution in [0.15, 0.2) is 0 Å². The minimum atomic E-state index is -0.838. The van der Waals surface area contributed by atoms with Crippen LogP contribution >= 0.6 is 0 Å². The van der Waals surface area contributed by atoms with Crippen molar-refractivity contribution in [1.82, 2.24) is 0 Å². The molecular formula is C6H12O4. The third-order valence-corrected chi connectivity index (χ3v) is 1.14. The van der Waals surface area contributed by atoms with Gasteiger partial charge in [0.2, 0.25) is 0 Å². The molecule has 0 aliphatic carbocycles. The van der Waals surface area contributed by atoms with E-state index in [4.69, 9.17) is 15.3 Å². The normalized spacial score (nSPS) is 13.1. The molecule has 0 saturated carbocycles. The van der Waals surface area contributed by atoms with Crippen molar-refractivity contribution in [2.24, 2.45) is 0 Å². The number of Topliss-reactive ketones (excluding diaryl/α,β-unsaturated/α-hetero) is 1. The maximum absolute atomic E-state index is 10.4. The number of rotatable bonds is 5. The fourth-order valence-corrected chi connectivity index (χ4v) is 0.498. The summed E-state index contributed by atoms with van der Waals surface area (Å²) in [6, 6.07) is 0. The smallest absolute Gasteiger partial charge is 0.158 e. The molecule has 0 bridgehead atoms. The van der Waals surface area contributed by atoms with Gasteiger partial charge in [-0.25, -0.2) is 0 Å². The van der Waals surface area contributed by atoms with Gasteiger partial charge in [-0.15, -0.1) is 0 Å². The SMILES string of the molecule is O=C(CO)CC[C@H](O)CO. The van der Waals surface area contributed by atoms with Crippen molar-refractivity contribution in [2.75, 3.05) is 13.2 Å². The van der Waals surface area contributed by atoms with Crippen molar-refractivity contribution in [3.63, 3.8) is 0 Å². The number of aliphatic hydroxyl groups is 3. The molecule has 4 heteroatoms. The molecule has 0 spiro atoms. The van der Waals surface area contributed by atoms with E-state index < -0.39 is 12.7 Å². The lowest BCUT2D eigenvalue weighted by Gasteiger charge is -2.03. The first-order valence-corrected chi connectivity index (χ1v) is 3.12.